The first-order valence-corrected chi connectivity index (χ1v) is 11.0. The van der Waals surface area contributed by atoms with Crippen LogP contribution in [0.4, 0.5) is 0 Å². The first-order valence-electron chi connectivity index (χ1n) is 9.64. The standard InChI is InChI=1S/C22H21ClN4O2S/c1-13(2)11-27-21(29)17-9-15(23)6-7-18(17)25-22(27)30-12-16-10-19(28)26-8-4-5-14(3)20(26)24-16/h4-10,13H,11-12H2,1-3H3. The van der Waals surface area contributed by atoms with E-state index in [2.05, 4.69) is 18.8 Å². The number of aryl methyl sites for hydroxylation is 1. The fraction of sp³-hybridized carbons (Fsp3) is 0.273. The number of rotatable bonds is 5. The fourth-order valence-electron chi connectivity index (χ4n) is 3.33. The molecule has 0 aliphatic heterocycles. The first kappa shape index (κ1) is 20.6. The monoisotopic (exact) mass is 440 g/mol. The molecular weight excluding hydrogens is 420 g/mol. The van der Waals surface area contributed by atoms with E-state index in [1.807, 2.05) is 19.1 Å². The Morgan fingerprint density at radius 2 is 1.93 bits per heavy atom. The van der Waals surface area contributed by atoms with Crippen LogP contribution in [0.3, 0.4) is 0 Å². The van der Waals surface area contributed by atoms with E-state index in [0.29, 0.717) is 44.7 Å². The van der Waals surface area contributed by atoms with Gasteiger partial charge in [0.15, 0.2) is 5.16 Å². The molecule has 0 unspecified atom stereocenters. The summed E-state index contributed by atoms with van der Waals surface area (Å²) in [6.07, 6.45) is 1.71. The maximum atomic E-state index is 13.1. The van der Waals surface area contributed by atoms with Crippen LogP contribution in [-0.2, 0) is 12.3 Å². The zero-order valence-corrected chi connectivity index (χ0v) is 18.5. The minimum absolute atomic E-state index is 0.110. The van der Waals surface area contributed by atoms with Crippen molar-refractivity contribution in [3.05, 3.63) is 79.6 Å². The summed E-state index contributed by atoms with van der Waals surface area (Å²) in [6, 6.07) is 10.4. The number of hydrogen-bond donors (Lipinski definition) is 0. The summed E-state index contributed by atoms with van der Waals surface area (Å²) in [5, 5.41) is 1.62. The number of hydrogen-bond acceptors (Lipinski definition) is 5. The first-order chi connectivity index (χ1) is 14.3. The summed E-state index contributed by atoms with van der Waals surface area (Å²) < 4.78 is 3.23. The number of thioether (sulfide) groups is 1. The minimum Gasteiger partial charge on any atom is -0.287 e. The van der Waals surface area contributed by atoms with Crippen molar-refractivity contribution in [2.45, 2.75) is 38.2 Å². The third kappa shape index (κ3) is 4.00. The molecule has 6 nitrogen and oxygen atoms in total. The predicted molar refractivity (Wildman–Crippen MR) is 122 cm³/mol. The van der Waals surface area contributed by atoms with Crippen molar-refractivity contribution >= 4 is 39.9 Å². The maximum Gasteiger partial charge on any atom is 0.262 e. The van der Waals surface area contributed by atoms with E-state index in [9.17, 15) is 9.59 Å². The van der Waals surface area contributed by atoms with Gasteiger partial charge in [-0.2, -0.15) is 0 Å². The lowest BCUT2D eigenvalue weighted by Gasteiger charge is -2.15. The zero-order valence-electron chi connectivity index (χ0n) is 16.9. The van der Waals surface area contributed by atoms with Crippen LogP contribution in [0.25, 0.3) is 16.6 Å². The van der Waals surface area contributed by atoms with Crippen molar-refractivity contribution in [2.24, 2.45) is 5.92 Å². The van der Waals surface area contributed by atoms with E-state index < -0.39 is 0 Å². The fourth-order valence-corrected chi connectivity index (χ4v) is 4.40. The Bertz CT molecular complexity index is 1380. The number of nitrogens with zero attached hydrogens (tertiary/aromatic N) is 4. The van der Waals surface area contributed by atoms with Crippen LogP contribution < -0.4 is 11.1 Å². The van der Waals surface area contributed by atoms with Gasteiger partial charge in [0, 0.05) is 29.6 Å². The average molecular weight is 441 g/mol. The SMILES string of the molecule is Cc1cccn2c(=O)cc(CSc3nc4ccc(Cl)cc4c(=O)n3CC(C)C)nc12. The summed E-state index contributed by atoms with van der Waals surface area (Å²) >= 11 is 7.49. The van der Waals surface area contributed by atoms with Crippen LogP contribution in [-0.4, -0.2) is 18.9 Å². The molecular formula is C22H21ClN4O2S. The number of benzene rings is 1. The molecule has 0 spiro atoms. The van der Waals surface area contributed by atoms with Gasteiger partial charge >= 0.3 is 0 Å². The molecule has 3 heterocycles. The highest BCUT2D eigenvalue weighted by Crippen LogP contribution is 2.23. The van der Waals surface area contributed by atoms with Gasteiger partial charge in [-0.1, -0.05) is 43.3 Å². The molecule has 0 radical (unpaired) electrons. The van der Waals surface area contributed by atoms with E-state index in [4.69, 9.17) is 16.6 Å². The highest BCUT2D eigenvalue weighted by atomic mass is 35.5. The molecule has 4 rings (SSSR count). The second-order valence-electron chi connectivity index (χ2n) is 7.62. The molecule has 3 aromatic heterocycles. The normalized spacial score (nSPS) is 11.6. The summed E-state index contributed by atoms with van der Waals surface area (Å²) in [6.45, 7) is 6.58. The van der Waals surface area contributed by atoms with Gasteiger partial charge in [0.05, 0.1) is 16.6 Å². The molecule has 0 aliphatic carbocycles. The molecule has 154 valence electrons. The van der Waals surface area contributed by atoms with Crippen LogP contribution in [0, 0.1) is 12.8 Å². The Balaban J connectivity index is 1.76. The molecule has 0 aliphatic rings. The summed E-state index contributed by atoms with van der Waals surface area (Å²) in [5.41, 5.74) is 2.59. The van der Waals surface area contributed by atoms with E-state index in [1.54, 1.807) is 29.0 Å². The molecule has 0 bridgehead atoms. The van der Waals surface area contributed by atoms with Gasteiger partial charge in [0.1, 0.15) is 5.65 Å². The van der Waals surface area contributed by atoms with Crippen molar-refractivity contribution in [1.82, 2.24) is 18.9 Å². The minimum atomic E-state index is -0.125. The van der Waals surface area contributed by atoms with Crippen molar-refractivity contribution in [1.29, 1.82) is 0 Å². The number of fused-ring (bicyclic) bond motifs is 2. The van der Waals surface area contributed by atoms with Gasteiger partial charge in [-0.05, 0) is 42.7 Å². The molecule has 8 heteroatoms. The topological polar surface area (TPSA) is 69.3 Å². The van der Waals surface area contributed by atoms with Crippen LogP contribution in [0.1, 0.15) is 25.1 Å². The lowest BCUT2D eigenvalue weighted by atomic mass is 10.2. The Hall–Kier alpha value is -2.64. The van der Waals surface area contributed by atoms with Gasteiger partial charge in [0.25, 0.3) is 11.1 Å². The third-order valence-corrected chi connectivity index (χ3v) is 5.96. The molecule has 0 N–H and O–H groups in total. The van der Waals surface area contributed by atoms with E-state index in [1.165, 1.54) is 22.2 Å². The van der Waals surface area contributed by atoms with Gasteiger partial charge in [-0.3, -0.25) is 18.6 Å². The number of pyridine rings is 1. The van der Waals surface area contributed by atoms with Crippen LogP contribution >= 0.6 is 23.4 Å². The van der Waals surface area contributed by atoms with Crippen molar-refractivity contribution in [2.75, 3.05) is 0 Å². The Labute approximate surface area is 182 Å². The second-order valence-corrected chi connectivity index (χ2v) is 9.00. The van der Waals surface area contributed by atoms with Crippen molar-refractivity contribution < 1.29 is 0 Å². The van der Waals surface area contributed by atoms with Crippen LogP contribution in [0.2, 0.25) is 5.02 Å². The molecule has 1 aromatic carbocycles. The van der Waals surface area contributed by atoms with Crippen LogP contribution in [0.15, 0.2) is 57.3 Å². The molecule has 0 atom stereocenters. The molecule has 0 saturated heterocycles. The Morgan fingerprint density at radius 3 is 2.70 bits per heavy atom. The largest absolute Gasteiger partial charge is 0.287 e. The summed E-state index contributed by atoms with van der Waals surface area (Å²) in [5.74, 6) is 0.704. The highest BCUT2D eigenvalue weighted by molar-refractivity contribution is 7.98. The quantitative estimate of drug-likeness (QED) is 0.341. The van der Waals surface area contributed by atoms with Crippen molar-refractivity contribution in [3.8, 4) is 0 Å². The molecule has 0 amide bonds. The van der Waals surface area contributed by atoms with Gasteiger partial charge in [0.2, 0.25) is 0 Å². The molecule has 0 saturated carbocycles. The van der Waals surface area contributed by atoms with Gasteiger partial charge < -0.3 is 0 Å². The van der Waals surface area contributed by atoms with E-state index >= 15 is 0 Å². The Kier molecular flexibility index (Phi) is 5.66. The molecule has 30 heavy (non-hydrogen) atoms. The lowest BCUT2D eigenvalue weighted by molar-refractivity contribution is 0.475. The van der Waals surface area contributed by atoms with Gasteiger partial charge in [-0.15, -0.1) is 0 Å². The van der Waals surface area contributed by atoms with E-state index in [-0.39, 0.29) is 17.0 Å². The predicted octanol–water partition coefficient (Wildman–Crippen LogP) is 4.31. The van der Waals surface area contributed by atoms with Crippen molar-refractivity contribution in [3.63, 3.8) is 0 Å². The smallest absolute Gasteiger partial charge is 0.262 e. The second kappa shape index (κ2) is 8.24. The molecule has 0 fully saturated rings. The molecule has 4 aromatic rings. The number of halogens is 1. The van der Waals surface area contributed by atoms with E-state index in [0.717, 1.165) is 5.56 Å². The van der Waals surface area contributed by atoms with Crippen LogP contribution in [0.5, 0.6) is 0 Å². The lowest BCUT2D eigenvalue weighted by Crippen LogP contribution is -2.25. The zero-order chi connectivity index (χ0) is 21.4. The Morgan fingerprint density at radius 1 is 1.13 bits per heavy atom. The maximum absolute atomic E-state index is 13.1. The average Bonchev–Trinajstić information content (AvgIpc) is 2.70. The summed E-state index contributed by atoms with van der Waals surface area (Å²) in [7, 11) is 0. The third-order valence-electron chi connectivity index (χ3n) is 4.72. The van der Waals surface area contributed by atoms with Gasteiger partial charge in [-0.25, -0.2) is 9.97 Å². The number of aromatic nitrogens is 4. The highest BCUT2D eigenvalue weighted by Gasteiger charge is 2.14. The summed E-state index contributed by atoms with van der Waals surface area (Å²) in [4.78, 5) is 34.9.